The van der Waals surface area contributed by atoms with Gasteiger partial charge in [-0.2, -0.15) is 0 Å². The molecule has 1 amide bonds. The van der Waals surface area contributed by atoms with Gasteiger partial charge in [0, 0.05) is 7.05 Å². The number of carbonyl (C=O) groups excluding carboxylic acids is 1. The third-order valence-corrected chi connectivity index (χ3v) is 3.41. The molecule has 0 aromatic heterocycles. The topological polar surface area (TPSA) is 44.4 Å². The van der Waals surface area contributed by atoms with E-state index in [1.165, 1.54) is 19.3 Å². The molecule has 0 aromatic carbocycles. The molecule has 1 fully saturated rings. The van der Waals surface area contributed by atoms with Crippen LogP contribution in [0.1, 0.15) is 26.2 Å². The summed E-state index contributed by atoms with van der Waals surface area (Å²) >= 11 is 0. The van der Waals surface area contributed by atoms with Gasteiger partial charge in [-0.1, -0.05) is 6.92 Å². The van der Waals surface area contributed by atoms with Gasteiger partial charge in [0.2, 0.25) is 5.91 Å². The first-order chi connectivity index (χ1) is 7.76. The minimum Gasteiger partial charge on any atom is -0.358 e. The molecular formula is C12H25N3O. The van der Waals surface area contributed by atoms with E-state index in [2.05, 4.69) is 22.5 Å². The quantitative estimate of drug-likeness (QED) is 0.692. The maximum absolute atomic E-state index is 11.3. The van der Waals surface area contributed by atoms with Gasteiger partial charge in [-0.15, -0.1) is 0 Å². The van der Waals surface area contributed by atoms with Crippen molar-refractivity contribution in [1.82, 2.24) is 15.5 Å². The molecule has 0 saturated carbocycles. The number of likely N-dealkylation sites (N-methyl/N-ethyl adjacent to an activating group) is 2. The molecule has 0 spiro atoms. The zero-order valence-electron chi connectivity index (χ0n) is 10.6. The van der Waals surface area contributed by atoms with Crippen molar-refractivity contribution in [3.63, 3.8) is 0 Å². The molecular weight excluding hydrogens is 202 g/mol. The standard InChI is InChI=1S/C12H25N3O/c1-3-15(10-12(16)13-2)9-6-11-4-7-14-8-5-11/h11,14H,3-10H2,1-2H3,(H,13,16). The normalized spacial score (nSPS) is 17.7. The Morgan fingerprint density at radius 2 is 2.12 bits per heavy atom. The number of carbonyl (C=O) groups is 1. The number of nitrogens with zero attached hydrogens (tertiary/aromatic N) is 1. The van der Waals surface area contributed by atoms with Crippen LogP contribution in [0.3, 0.4) is 0 Å². The SMILES string of the molecule is CCN(CCC1CCNCC1)CC(=O)NC. The smallest absolute Gasteiger partial charge is 0.233 e. The van der Waals surface area contributed by atoms with Crippen molar-refractivity contribution in [3.8, 4) is 0 Å². The molecule has 0 bridgehead atoms. The second-order valence-corrected chi connectivity index (χ2v) is 4.52. The van der Waals surface area contributed by atoms with Crippen LogP contribution in [-0.2, 0) is 4.79 Å². The third kappa shape index (κ3) is 4.94. The Kier molecular flexibility index (Phi) is 6.42. The number of amides is 1. The van der Waals surface area contributed by atoms with Gasteiger partial charge in [0.05, 0.1) is 6.54 Å². The first-order valence-corrected chi connectivity index (χ1v) is 6.40. The third-order valence-electron chi connectivity index (χ3n) is 3.41. The number of rotatable bonds is 6. The molecule has 4 nitrogen and oxygen atoms in total. The van der Waals surface area contributed by atoms with E-state index in [1.807, 2.05) is 0 Å². The van der Waals surface area contributed by atoms with Gasteiger partial charge in [0.25, 0.3) is 0 Å². The van der Waals surface area contributed by atoms with Gasteiger partial charge in [0.1, 0.15) is 0 Å². The Balaban J connectivity index is 2.19. The molecule has 4 heteroatoms. The number of piperidine rings is 1. The average molecular weight is 227 g/mol. The molecule has 1 aliphatic rings. The molecule has 16 heavy (non-hydrogen) atoms. The molecule has 1 saturated heterocycles. The van der Waals surface area contributed by atoms with Crippen molar-refractivity contribution < 1.29 is 4.79 Å². The van der Waals surface area contributed by atoms with Crippen molar-refractivity contribution in [2.45, 2.75) is 26.2 Å². The van der Waals surface area contributed by atoms with Crippen molar-refractivity contribution >= 4 is 5.91 Å². The second kappa shape index (κ2) is 7.63. The number of hydrogen-bond donors (Lipinski definition) is 2. The van der Waals surface area contributed by atoms with Gasteiger partial charge >= 0.3 is 0 Å². The predicted molar refractivity (Wildman–Crippen MR) is 66.4 cm³/mol. The van der Waals surface area contributed by atoms with Gasteiger partial charge in [-0.05, 0) is 51.4 Å². The summed E-state index contributed by atoms with van der Waals surface area (Å²) in [5, 5.41) is 6.06. The van der Waals surface area contributed by atoms with Crippen LogP contribution >= 0.6 is 0 Å². The molecule has 0 atom stereocenters. The minimum atomic E-state index is 0.118. The number of hydrogen-bond acceptors (Lipinski definition) is 3. The molecule has 2 N–H and O–H groups in total. The average Bonchev–Trinajstić information content (AvgIpc) is 2.35. The Morgan fingerprint density at radius 1 is 1.44 bits per heavy atom. The zero-order chi connectivity index (χ0) is 11.8. The van der Waals surface area contributed by atoms with Gasteiger partial charge in [-0.3, -0.25) is 9.69 Å². The van der Waals surface area contributed by atoms with Crippen LogP contribution in [0.25, 0.3) is 0 Å². The lowest BCUT2D eigenvalue weighted by molar-refractivity contribution is -0.121. The van der Waals surface area contributed by atoms with E-state index < -0.39 is 0 Å². The van der Waals surface area contributed by atoms with E-state index in [0.717, 1.165) is 32.1 Å². The summed E-state index contributed by atoms with van der Waals surface area (Å²) in [5.41, 5.74) is 0. The first-order valence-electron chi connectivity index (χ1n) is 6.40. The van der Waals surface area contributed by atoms with Crippen LogP contribution in [0.2, 0.25) is 0 Å². The van der Waals surface area contributed by atoms with Crippen LogP contribution < -0.4 is 10.6 Å². The van der Waals surface area contributed by atoms with E-state index >= 15 is 0 Å². The molecule has 1 aliphatic heterocycles. The summed E-state index contributed by atoms with van der Waals surface area (Å²) in [6.45, 7) is 6.98. The Morgan fingerprint density at radius 3 is 2.69 bits per heavy atom. The van der Waals surface area contributed by atoms with Gasteiger partial charge < -0.3 is 10.6 Å². The summed E-state index contributed by atoms with van der Waals surface area (Å²) in [5.74, 6) is 0.965. The molecule has 0 aromatic rings. The fourth-order valence-electron chi connectivity index (χ4n) is 2.17. The van der Waals surface area contributed by atoms with Crippen molar-refractivity contribution in [1.29, 1.82) is 0 Å². The van der Waals surface area contributed by atoms with Crippen LogP contribution in [0.4, 0.5) is 0 Å². The molecule has 1 rings (SSSR count). The maximum Gasteiger partial charge on any atom is 0.233 e. The summed E-state index contributed by atoms with van der Waals surface area (Å²) in [6.07, 6.45) is 3.81. The van der Waals surface area contributed by atoms with Crippen LogP contribution in [0.15, 0.2) is 0 Å². The fraction of sp³-hybridized carbons (Fsp3) is 0.917. The van der Waals surface area contributed by atoms with Crippen molar-refractivity contribution in [2.75, 3.05) is 39.8 Å². The monoisotopic (exact) mass is 227 g/mol. The van der Waals surface area contributed by atoms with E-state index in [0.29, 0.717) is 6.54 Å². The lowest BCUT2D eigenvalue weighted by Crippen LogP contribution is -2.37. The van der Waals surface area contributed by atoms with Crippen LogP contribution in [0, 0.1) is 5.92 Å². The first kappa shape index (κ1) is 13.5. The molecule has 1 heterocycles. The summed E-state index contributed by atoms with van der Waals surface area (Å²) in [7, 11) is 1.70. The van der Waals surface area contributed by atoms with E-state index in [9.17, 15) is 4.79 Å². The molecule has 0 aliphatic carbocycles. The predicted octanol–water partition coefficient (Wildman–Crippen LogP) is 0.444. The van der Waals surface area contributed by atoms with Gasteiger partial charge in [-0.25, -0.2) is 0 Å². The Bertz CT molecular complexity index is 202. The highest BCUT2D eigenvalue weighted by atomic mass is 16.1. The van der Waals surface area contributed by atoms with Gasteiger partial charge in [0.15, 0.2) is 0 Å². The summed E-state index contributed by atoms with van der Waals surface area (Å²) in [4.78, 5) is 13.5. The largest absolute Gasteiger partial charge is 0.358 e. The zero-order valence-corrected chi connectivity index (χ0v) is 10.6. The molecule has 94 valence electrons. The number of nitrogens with one attached hydrogen (secondary N) is 2. The summed E-state index contributed by atoms with van der Waals surface area (Å²) in [6, 6.07) is 0. The fourth-order valence-corrected chi connectivity index (χ4v) is 2.17. The second-order valence-electron chi connectivity index (χ2n) is 4.52. The highest BCUT2D eigenvalue weighted by molar-refractivity contribution is 5.77. The lowest BCUT2D eigenvalue weighted by Gasteiger charge is -2.26. The van der Waals surface area contributed by atoms with Crippen LogP contribution in [0.5, 0.6) is 0 Å². The van der Waals surface area contributed by atoms with Crippen molar-refractivity contribution in [3.05, 3.63) is 0 Å². The highest BCUT2D eigenvalue weighted by Gasteiger charge is 2.15. The minimum absolute atomic E-state index is 0.118. The van der Waals surface area contributed by atoms with E-state index in [4.69, 9.17) is 0 Å². The lowest BCUT2D eigenvalue weighted by atomic mass is 9.94. The van der Waals surface area contributed by atoms with Crippen LogP contribution in [-0.4, -0.2) is 50.6 Å². The highest BCUT2D eigenvalue weighted by Crippen LogP contribution is 2.16. The van der Waals surface area contributed by atoms with E-state index in [1.54, 1.807) is 7.05 Å². The van der Waals surface area contributed by atoms with Crippen molar-refractivity contribution in [2.24, 2.45) is 5.92 Å². The summed E-state index contributed by atoms with van der Waals surface area (Å²) < 4.78 is 0. The molecule has 0 unspecified atom stereocenters. The Hall–Kier alpha value is -0.610. The molecule has 0 radical (unpaired) electrons. The van der Waals surface area contributed by atoms with E-state index in [-0.39, 0.29) is 5.91 Å². The Labute approximate surface area is 98.8 Å². The maximum atomic E-state index is 11.3.